The number of nitriles is 2. The van der Waals surface area contributed by atoms with E-state index in [1.54, 1.807) is 0 Å². The first-order chi connectivity index (χ1) is 69.7. The topological polar surface area (TPSA) is 89.7 Å². The smallest absolute Gasteiger partial charge is 0.101 e. The number of rotatable bonds is 56. The number of benzene rings is 11. The van der Waals surface area contributed by atoms with Gasteiger partial charge in [0.15, 0.2) is 0 Å². The van der Waals surface area contributed by atoms with Crippen molar-refractivity contribution in [2.24, 2.45) is 0 Å². The number of anilines is 6. The third kappa shape index (κ3) is 22.7. The molecule has 0 fully saturated rings. The fourth-order valence-electron chi connectivity index (χ4n) is 25.3. The first kappa shape index (κ1) is 104. The first-order valence-corrected chi connectivity index (χ1v) is 57.3. The largest absolute Gasteiger partial charge is 0.337 e. The number of hydrogen-bond acceptors (Lipinski definition) is 6. The summed E-state index contributed by atoms with van der Waals surface area (Å²) in [5.74, 6) is 0. The fraction of sp³-hybridized carbons (Fsp3) is 0.478. The van der Waals surface area contributed by atoms with Crippen molar-refractivity contribution in [1.82, 2.24) is 19.1 Å². The summed E-state index contributed by atoms with van der Waals surface area (Å²) >= 11 is 0. The first-order valence-electron chi connectivity index (χ1n) is 57.3. The highest BCUT2D eigenvalue weighted by molar-refractivity contribution is 6.14. The Bertz CT molecular complexity index is 6050. The Labute approximate surface area is 855 Å². The molecule has 0 amide bonds. The highest BCUT2D eigenvalue weighted by Gasteiger charge is 2.46. The van der Waals surface area contributed by atoms with Crippen molar-refractivity contribution in [3.63, 3.8) is 0 Å². The van der Waals surface area contributed by atoms with Gasteiger partial charge in [0.2, 0.25) is 0 Å². The summed E-state index contributed by atoms with van der Waals surface area (Å²) in [6.45, 7) is 27.8. The highest BCUT2D eigenvalue weighted by Crippen LogP contribution is 2.60. The van der Waals surface area contributed by atoms with Crippen LogP contribution in [0, 0.1) is 50.4 Å². The van der Waals surface area contributed by atoms with Crippen molar-refractivity contribution in [2.75, 3.05) is 9.80 Å². The van der Waals surface area contributed by atoms with Crippen molar-refractivity contribution in [2.45, 2.75) is 414 Å². The summed E-state index contributed by atoms with van der Waals surface area (Å²) in [6, 6.07) is 86.4. The van der Waals surface area contributed by atoms with Gasteiger partial charge in [0.1, 0.15) is 12.1 Å². The number of para-hydroxylation sites is 2. The molecule has 0 aliphatic carbocycles. The molecule has 0 unspecified atom stereocenters. The average Bonchev–Trinajstić information content (AvgIpc) is 0.802. The monoisotopic (exact) mass is 1890 g/mol. The second-order valence-corrected chi connectivity index (χ2v) is 43.4. The van der Waals surface area contributed by atoms with E-state index in [1.807, 2.05) is 0 Å². The van der Waals surface area contributed by atoms with Crippen molar-refractivity contribution in [3.05, 3.63) is 262 Å². The minimum atomic E-state index is -0.155. The lowest BCUT2D eigenvalue weighted by molar-refractivity contribution is 0.391. The molecule has 11 aromatic carbocycles. The average molecular weight is 1890 g/mol. The summed E-state index contributed by atoms with van der Waals surface area (Å²) in [5, 5.41) is 30.5. The van der Waals surface area contributed by atoms with Crippen LogP contribution in [-0.2, 0) is 10.8 Å². The lowest BCUT2D eigenvalue weighted by atomic mass is 9.64. The van der Waals surface area contributed by atoms with Gasteiger partial charge < -0.3 is 18.9 Å². The molecule has 8 heteroatoms. The summed E-state index contributed by atoms with van der Waals surface area (Å²) in [4.78, 5) is 18.0. The summed E-state index contributed by atoms with van der Waals surface area (Å²) in [7, 11) is 0. The van der Waals surface area contributed by atoms with E-state index in [-0.39, 0.29) is 22.9 Å². The van der Waals surface area contributed by atoms with E-state index in [4.69, 9.17) is 9.97 Å². The quantitative estimate of drug-likeness (QED) is 0.0353. The molecule has 8 nitrogen and oxygen atoms in total. The van der Waals surface area contributed by atoms with Gasteiger partial charge in [-0.05, 0) is 185 Å². The number of hydrogen-bond donors (Lipinski definition) is 0. The van der Waals surface area contributed by atoms with E-state index < -0.39 is 0 Å². The summed E-state index contributed by atoms with van der Waals surface area (Å²) in [5.41, 5.74) is 30.7. The molecule has 14 aromatic rings. The van der Waals surface area contributed by atoms with E-state index in [2.05, 4.69) is 320 Å². The molecule has 5 heterocycles. The van der Waals surface area contributed by atoms with Gasteiger partial charge >= 0.3 is 0 Å². The lowest BCUT2D eigenvalue weighted by Crippen LogP contribution is -2.36. The van der Waals surface area contributed by atoms with Crippen LogP contribution in [0.25, 0.3) is 99.4 Å². The number of unbranched alkanes of at least 4 members (excludes halogenated alkanes) is 32. The van der Waals surface area contributed by atoms with Gasteiger partial charge in [-0.3, -0.25) is 0 Å². The van der Waals surface area contributed by atoms with Gasteiger partial charge in [-0.1, -0.05) is 468 Å². The minimum Gasteiger partial charge on any atom is -0.337 e. The number of fused-ring (bicyclic) bond motifs is 11. The Hall–Kier alpha value is -11.1. The van der Waals surface area contributed by atoms with Crippen LogP contribution in [-0.4, -0.2) is 19.1 Å². The molecule has 2 aliphatic rings. The zero-order chi connectivity index (χ0) is 98.9. The van der Waals surface area contributed by atoms with Crippen LogP contribution >= 0.6 is 0 Å². The molecule has 0 saturated carbocycles. The van der Waals surface area contributed by atoms with Gasteiger partial charge in [0.25, 0.3) is 0 Å². The van der Waals surface area contributed by atoms with Crippen LogP contribution in [0.3, 0.4) is 0 Å². The third-order valence-electron chi connectivity index (χ3n) is 32.9. The zero-order valence-corrected chi connectivity index (χ0v) is 89.3. The van der Waals surface area contributed by atoms with Crippen LogP contribution < -0.4 is 9.80 Å². The van der Waals surface area contributed by atoms with E-state index in [9.17, 15) is 10.5 Å². The SMILES string of the molecule is CCCCCCCCC(CCCCCCCC)n1c2ccccc2c2ccc(-c3c(C#N)c(C#N)c(-c4ccc5c6ccccc6n(C(CCCCCCCC)CCCCCCCC)c5c4)c4nc(-c5ccc(N6c7ccc(C)cc7C(CCCCCC)(CCCCCC)c7cc(C)ccc76)cc5)c(-c5ccc(N6c7ccc(C)cc7C(CCCCCC)(CCCCCC)c7cc(C)ccc76)cc5)nc34)cc21. The Morgan fingerprint density at radius 2 is 0.514 bits per heavy atom. The fourth-order valence-corrected chi connectivity index (χ4v) is 25.3. The van der Waals surface area contributed by atoms with E-state index in [1.165, 1.54) is 357 Å². The molecule has 744 valence electrons. The van der Waals surface area contributed by atoms with Crippen molar-refractivity contribution < 1.29 is 0 Å². The maximum atomic E-state index is 12.8. The van der Waals surface area contributed by atoms with E-state index in [0.717, 1.165) is 96.0 Å². The molecule has 2 aliphatic heterocycles. The standard InChI is InChI=1S/C134H168N8/c1-13-21-29-37-41-45-57-105(58-46-42-38-30-22-14-2)139-119-63-51-49-61-109(119)111-79-73-103(93-125(111)139)127-113(95-135)114(96-136)128(104-74-80-112-110-62-50-52-64-120(110)140(126(112)94-104)106(59-47-43-39-31-23-15-3)60-48-44-40-32-24-16-4)132-131(127)137-129(101-69-75-107(76-70-101)141-121-81-65-97(9)89-115(121)133(85-53-33-25-17-5,86-54-34-26-18-6)116-90-98(10)66-82-122(116)141)130(138-132)102-71-77-108(78-72-102)142-123-83-67-99(11)91-117(123)134(87-55-35-27-19-7,88-56-36-28-20-8)118-92-100(12)68-84-124(118)142/h49-52,61-84,89-94,105-106H,13-48,53-60,85-88H2,1-12H3. The van der Waals surface area contributed by atoms with E-state index >= 15 is 0 Å². The Morgan fingerprint density at radius 3 is 0.796 bits per heavy atom. The van der Waals surface area contributed by atoms with Crippen molar-refractivity contribution in [3.8, 4) is 56.9 Å². The van der Waals surface area contributed by atoms with Crippen LogP contribution in [0.4, 0.5) is 34.1 Å². The van der Waals surface area contributed by atoms with Crippen LogP contribution in [0.5, 0.6) is 0 Å². The Kier molecular flexibility index (Phi) is 36.9. The number of aromatic nitrogens is 4. The molecule has 0 spiro atoms. The molecule has 16 rings (SSSR count). The Morgan fingerprint density at radius 1 is 0.261 bits per heavy atom. The predicted octanol–water partition coefficient (Wildman–Crippen LogP) is 41.6. The zero-order valence-electron chi connectivity index (χ0n) is 89.3. The molecule has 0 atom stereocenters. The lowest BCUT2D eigenvalue weighted by Gasteiger charge is -2.46. The van der Waals surface area contributed by atoms with Gasteiger partial charge in [-0.15, -0.1) is 0 Å². The molecule has 142 heavy (non-hydrogen) atoms. The van der Waals surface area contributed by atoms with Crippen molar-refractivity contribution >= 4 is 88.8 Å². The second-order valence-electron chi connectivity index (χ2n) is 43.4. The number of aryl methyl sites for hydroxylation is 4. The maximum Gasteiger partial charge on any atom is 0.101 e. The maximum absolute atomic E-state index is 12.8. The second kappa shape index (κ2) is 50.4. The Balaban J connectivity index is 0.965. The van der Waals surface area contributed by atoms with Crippen LogP contribution in [0.15, 0.2) is 206 Å². The van der Waals surface area contributed by atoms with Gasteiger partial charge in [0.05, 0.1) is 56.3 Å². The highest BCUT2D eigenvalue weighted by atomic mass is 15.2. The van der Waals surface area contributed by atoms with Gasteiger partial charge in [0, 0.05) is 100 Å². The predicted molar refractivity (Wildman–Crippen MR) is 612 cm³/mol. The van der Waals surface area contributed by atoms with Crippen molar-refractivity contribution in [1.29, 1.82) is 10.5 Å². The molecule has 0 bridgehead atoms. The number of nitrogens with zero attached hydrogens (tertiary/aromatic N) is 8. The molecule has 0 radical (unpaired) electrons. The van der Waals surface area contributed by atoms with Crippen LogP contribution in [0.2, 0.25) is 0 Å². The molecular formula is C134H168N8. The molecule has 0 N–H and O–H groups in total. The van der Waals surface area contributed by atoms with E-state index in [0.29, 0.717) is 44.7 Å². The van der Waals surface area contributed by atoms with Gasteiger partial charge in [-0.2, -0.15) is 10.5 Å². The molecular weight excluding hydrogens is 1720 g/mol. The van der Waals surface area contributed by atoms with Gasteiger partial charge in [-0.25, -0.2) is 9.97 Å². The normalized spacial score (nSPS) is 13.2. The summed E-state index contributed by atoms with van der Waals surface area (Å²) < 4.78 is 5.43. The van der Waals surface area contributed by atoms with Crippen LogP contribution in [0.1, 0.15) is 431 Å². The summed E-state index contributed by atoms with van der Waals surface area (Å²) in [6.07, 6.45) is 58.0. The molecule has 0 saturated heterocycles. The third-order valence-corrected chi connectivity index (χ3v) is 32.9. The minimum absolute atomic E-state index is 0.155. The molecule has 3 aromatic heterocycles.